The largest absolute Gasteiger partial charge is 0.329 e. The monoisotopic (exact) mass is 252 g/mol. The van der Waals surface area contributed by atoms with Crippen LogP contribution in [0.15, 0.2) is 12.1 Å². The summed E-state index contributed by atoms with van der Waals surface area (Å²) < 4.78 is 26.4. The summed E-state index contributed by atoms with van der Waals surface area (Å²) >= 11 is 11.4. The van der Waals surface area contributed by atoms with Crippen LogP contribution in [-0.2, 0) is 5.41 Å². The first-order chi connectivity index (χ1) is 6.91. The third-order valence-corrected chi connectivity index (χ3v) is 3.11. The minimum atomic E-state index is -2.80. The molecule has 2 nitrogen and oxygen atoms in total. The summed E-state index contributed by atoms with van der Waals surface area (Å²) in [5.74, 6) is -2.80. The molecule has 1 unspecified atom stereocenters. The molecule has 1 aliphatic rings. The SMILES string of the molecule is NCC1(c2cc(Cl)cc(Cl)n2)CC1(F)F. The van der Waals surface area contributed by atoms with Crippen LogP contribution in [0.5, 0.6) is 0 Å². The van der Waals surface area contributed by atoms with E-state index in [1.165, 1.54) is 12.1 Å². The Morgan fingerprint density at radius 1 is 1.40 bits per heavy atom. The molecule has 82 valence electrons. The molecule has 1 aromatic heterocycles. The number of nitrogens with two attached hydrogens (primary N) is 1. The topological polar surface area (TPSA) is 38.9 Å². The van der Waals surface area contributed by atoms with Gasteiger partial charge < -0.3 is 5.73 Å². The highest BCUT2D eigenvalue weighted by molar-refractivity contribution is 6.33. The van der Waals surface area contributed by atoms with Crippen LogP contribution in [0.4, 0.5) is 8.78 Å². The van der Waals surface area contributed by atoms with E-state index in [4.69, 9.17) is 28.9 Å². The van der Waals surface area contributed by atoms with Crippen LogP contribution in [0.25, 0.3) is 0 Å². The standard InChI is InChI=1S/C9H8Cl2F2N2/c10-5-1-6(15-7(11)2-5)8(4-14)3-9(8,12)13/h1-2H,3-4,14H2. The van der Waals surface area contributed by atoms with E-state index >= 15 is 0 Å². The zero-order valence-corrected chi connectivity index (χ0v) is 9.12. The highest BCUT2D eigenvalue weighted by Crippen LogP contribution is 2.60. The maximum atomic E-state index is 13.2. The van der Waals surface area contributed by atoms with Crippen molar-refractivity contribution in [2.24, 2.45) is 5.73 Å². The van der Waals surface area contributed by atoms with Crippen LogP contribution in [0.3, 0.4) is 0 Å². The smallest absolute Gasteiger partial charge is 0.261 e. The molecular formula is C9H8Cl2F2N2. The fourth-order valence-electron chi connectivity index (χ4n) is 1.65. The molecule has 1 fully saturated rings. The summed E-state index contributed by atoms with van der Waals surface area (Å²) in [6.45, 7) is -0.163. The van der Waals surface area contributed by atoms with Gasteiger partial charge in [0, 0.05) is 18.0 Å². The minimum absolute atomic E-state index is 0.105. The van der Waals surface area contributed by atoms with Crippen molar-refractivity contribution in [3.8, 4) is 0 Å². The molecule has 2 rings (SSSR count). The number of nitrogens with zero attached hydrogens (tertiary/aromatic N) is 1. The first-order valence-electron chi connectivity index (χ1n) is 4.33. The lowest BCUT2D eigenvalue weighted by Crippen LogP contribution is -2.27. The molecule has 0 radical (unpaired) electrons. The van der Waals surface area contributed by atoms with Crippen LogP contribution >= 0.6 is 23.2 Å². The molecule has 0 bridgehead atoms. The molecule has 1 heterocycles. The van der Waals surface area contributed by atoms with Crippen LogP contribution in [0.1, 0.15) is 12.1 Å². The van der Waals surface area contributed by atoms with Crippen molar-refractivity contribution in [1.82, 2.24) is 4.98 Å². The van der Waals surface area contributed by atoms with Crippen molar-refractivity contribution >= 4 is 23.2 Å². The van der Waals surface area contributed by atoms with Gasteiger partial charge in [-0.25, -0.2) is 13.8 Å². The Kier molecular flexibility index (Phi) is 2.41. The van der Waals surface area contributed by atoms with Crippen LogP contribution in [0.2, 0.25) is 10.2 Å². The van der Waals surface area contributed by atoms with E-state index in [1.54, 1.807) is 0 Å². The summed E-state index contributed by atoms with van der Waals surface area (Å²) in [6.07, 6.45) is -0.291. The van der Waals surface area contributed by atoms with Gasteiger partial charge in [0.2, 0.25) is 0 Å². The van der Waals surface area contributed by atoms with Crippen LogP contribution in [0, 0.1) is 0 Å². The summed E-state index contributed by atoms with van der Waals surface area (Å²) in [7, 11) is 0. The first-order valence-corrected chi connectivity index (χ1v) is 5.08. The molecule has 0 aromatic carbocycles. The van der Waals surface area contributed by atoms with Gasteiger partial charge in [-0.2, -0.15) is 0 Å². The third-order valence-electron chi connectivity index (χ3n) is 2.70. The second kappa shape index (κ2) is 3.27. The maximum Gasteiger partial charge on any atom is 0.261 e. The van der Waals surface area contributed by atoms with Crippen molar-refractivity contribution < 1.29 is 8.78 Å². The van der Waals surface area contributed by atoms with E-state index in [0.717, 1.165) is 0 Å². The Hall–Kier alpha value is -0.450. The van der Waals surface area contributed by atoms with E-state index < -0.39 is 11.3 Å². The summed E-state index contributed by atoms with van der Waals surface area (Å²) in [6, 6.07) is 2.79. The Balaban J connectivity index is 2.46. The van der Waals surface area contributed by atoms with Gasteiger partial charge in [0.25, 0.3) is 5.92 Å². The van der Waals surface area contributed by atoms with E-state index in [2.05, 4.69) is 4.98 Å². The molecule has 0 amide bonds. The normalized spacial score (nSPS) is 27.8. The lowest BCUT2D eigenvalue weighted by molar-refractivity contribution is 0.0886. The number of pyridine rings is 1. The quantitative estimate of drug-likeness (QED) is 0.823. The average Bonchev–Trinajstić information content (AvgIpc) is 2.68. The molecule has 0 saturated heterocycles. The summed E-state index contributed by atoms with van der Waals surface area (Å²) in [4.78, 5) is 3.86. The van der Waals surface area contributed by atoms with Crippen molar-refractivity contribution in [2.75, 3.05) is 6.54 Å². The van der Waals surface area contributed by atoms with E-state index in [-0.39, 0.29) is 23.8 Å². The van der Waals surface area contributed by atoms with Gasteiger partial charge in [0.15, 0.2) is 0 Å². The van der Waals surface area contributed by atoms with Gasteiger partial charge in [-0.15, -0.1) is 0 Å². The minimum Gasteiger partial charge on any atom is -0.329 e. The van der Waals surface area contributed by atoms with Crippen molar-refractivity contribution in [3.05, 3.63) is 28.0 Å². The van der Waals surface area contributed by atoms with Crippen molar-refractivity contribution in [2.45, 2.75) is 17.8 Å². The number of hydrogen-bond acceptors (Lipinski definition) is 2. The van der Waals surface area contributed by atoms with Crippen LogP contribution < -0.4 is 5.73 Å². The van der Waals surface area contributed by atoms with Crippen molar-refractivity contribution in [3.63, 3.8) is 0 Å². The van der Waals surface area contributed by atoms with E-state index in [9.17, 15) is 8.78 Å². The predicted molar refractivity (Wildman–Crippen MR) is 54.6 cm³/mol. The van der Waals surface area contributed by atoms with Gasteiger partial charge in [0.1, 0.15) is 5.15 Å². The van der Waals surface area contributed by atoms with Gasteiger partial charge >= 0.3 is 0 Å². The predicted octanol–water partition coefficient (Wildman–Crippen LogP) is 2.62. The Morgan fingerprint density at radius 2 is 2.00 bits per heavy atom. The Morgan fingerprint density at radius 3 is 2.40 bits per heavy atom. The Labute approximate surface area is 95.4 Å². The highest BCUT2D eigenvalue weighted by Gasteiger charge is 2.72. The number of hydrogen-bond donors (Lipinski definition) is 1. The van der Waals surface area contributed by atoms with Crippen molar-refractivity contribution in [1.29, 1.82) is 0 Å². The van der Waals surface area contributed by atoms with Gasteiger partial charge in [-0.05, 0) is 12.1 Å². The average molecular weight is 253 g/mol. The summed E-state index contributed by atoms with van der Waals surface area (Å²) in [5, 5.41) is 0.397. The molecule has 1 atom stereocenters. The molecule has 1 aromatic rings. The lowest BCUT2D eigenvalue weighted by Gasteiger charge is -2.13. The maximum absolute atomic E-state index is 13.2. The van der Waals surface area contributed by atoms with Gasteiger partial charge in [-0.3, -0.25) is 0 Å². The second-order valence-corrected chi connectivity index (χ2v) is 4.48. The van der Waals surface area contributed by atoms with E-state index in [0.29, 0.717) is 5.02 Å². The zero-order valence-electron chi connectivity index (χ0n) is 7.61. The van der Waals surface area contributed by atoms with E-state index in [1.807, 2.05) is 0 Å². The molecule has 0 aliphatic heterocycles. The molecule has 1 saturated carbocycles. The fraction of sp³-hybridized carbons (Fsp3) is 0.444. The lowest BCUT2D eigenvalue weighted by atomic mass is 10.0. The number of rotatable bonds is 2. The third kappa shape index (κ3) is 1.61. The number of aromatic nitrogens is 1. The molecule has 6 heteroatoms. The molecule has 0 spiro atoms. The number of halogens is 4. The Bertz CT molecular complexity index is 391. The summed E-state index contributed by atoms with van der Waals surface area (Å²) in [5.41, 5.74) is 4.17. The molecule has 2 N–H and O–H groups in total. The highest BCUT2D eigenvalue weighted by atomic mass is 35.5. The zero-order chi connectivity index (χ0) is 11.3. The fourth-order valence-corrected chi connectivity index (χ4v) is 2.12. The second-order valence-electron chi connectivity index (χ2n) is 3.66. The molecular weight excluding hydrogens is 245 g/mol. The first kappa shape index (κ1) is 11.0. The van der Waals surface area contributed by atoms with Gasteiger partial charge in [0.05, 0.1) is 11.1 Å². The molecule has 1 aliphatic carbocycles. The van der Waals surface area contributed by atoms with Gasteiger partial charge in [-0.1, -0.05) is 23.2 Å². The van der Waals surface area contributed by atoms with Crippen LogP contribution in [-0.4, -0.2) is 17.5 Å². The molecule has 15 heavy (non-hydrogen) atoms. The number of alkyl halides is 2.